The third-order valence-electron chi connectivity index (χ3n) is 1.84. The number of aromatic nitrogens is 2. The molecule has 0 radical (unpaired) electrons. The van der Waals surface area contributed by atoms with E-state index in [1.165, 1.54) is 0 Å². The van der Waals surface area contributed by atoms with Crippen LogP contribution < -0.4 is 10.6 Å². The van der Waals surface area contributed by atoms with Gasteiger partial charge in [0.1, 0.15) is 0 Å². The molecule has 0 aliphatic carbocycles. The van der Waals surface area contributed by atoms with Gasteiger partial charge in [0.15, 0.2) is 0 Å². The van der Waals surface area contributed by atoms with E-state index in [-0.39, 0.29) is 12.1 Å². The Morgan fingerprint density at radius 2 is 2.21 bits per heavy atom. The van der Waals surface area contributed by atoms with Crippen molar-refractivity contribution < 1.29 is 9.15 Å². The Morgan fingerprint density at radius 1 is 1.50 bits per heavy atom. The van der Waals surface area contributed by atoms with Gasteiger partial charge in [0.25, 0.3) is 0 Å². The second-order valence-electron chi connectivity index (χ2n) is 3.20. The summed E-state index contributed by atoms with van der Waals surface area (Å²) in [6.07, 6.45) is 0. The molecular formula is C8H16N4O2. The quantitative estimate of drug-likeness (QED) is 0.746. The van der Waals surface area contributed by atoms with Crippen molar-refractivity contribution >= 4 is 12.0 Å². The summed E-state index contributed by atoms with van der Waals surface area (Å²) in [5, 5.41) is 7.43. The van der Waals surface area contributed by atoms with Gasteiger partial charge < -0.3 is 19.8 Å². The van der Waals surface area contributed by atoms with Gasteiger partial charge in [-0.25, -0.2) is 0 Å². The molecule has 0 aliphatic heterocycles. The Hall–Kier alpha value is -1.30. The summed E-state index contributed by atoms with van der Waals surface area (Å²) in [5.41, 5.74) is 5.35. The maximum atomic E-state index is 5.35. The van der Waals surface area contributed by atoms with Crippen LogP contribution in [0.2, 0.25) is 0 Å². The normalized spacial score (nSPS) is 10.9. The van der Waals surface area contributed by atoms with E-state index >= 15 is 0 Å². The summed E-state index contributed by atoms with van der Waals surface area (Å²) in [7, 11) is 1.65. The molecule has 1 rings (SSSR count). The van der Waals surface area contributed by atoms with Crippen LogP contribution in [0, 0.1) is 0 Å². The maximum Gasteiger partial charge on any atom is 0.319 e. The molecule has 0 saturated carbocycles. The molecular weight excluding hydrogens is 184 g/mol. The highest BCUT2D eigenvalue weighted by molar-refractivity contribution is 5.28. The summed E-state index contributed by atoms with van der Waals surface area (Å²) in [4.78, 5) is 1.94. The molecule has 6 nitrogen and oxygen atoms in total. The first-order chi connectivity index (χ1) is 6.65. The topological polar surface area (TPSA) is 77.4 Å². The molecule has 0 saturated heterocycles. The molecule has 1 aromatic rings. The van der Waals surface area contributed by atoms with Crippen LogP contribution in [-0.4, -0.2) is 36.5 Å². The predicted molar refractivity (Wildman–Crippen MR) is 53.1 cm³/mol. The van der Waals surface area contributed by atoms with Crippen LogP contribution >= 0.6 is 0 Å². The fourth-order valence-corrected chi connectivity index (χ4v) is 1.11. The number of ether oxygens (including phenoxy) is 1. The summed E-state index contributed by atoms with van der Waals surface area (Å²) in [6, 6.07) is 0.794. The van der Waals surface area contributed by atoms with E-state index in [1.807, 2.05) is 18.7 Å². The fourth-order valence-electron chi connectivity index (χ4n) is 1.11. The van der Waals surface area contributed by atoms with Gasteiger partial charge in [-0.3, -0.25) is 0 Å². The van der Waals surface area contributed by atoms with Gasteiger partial charge in [-0.1, -0.05) is 10.2 Å². The minimum absolute atomic E-state index is 0.0862. The van der Waals surface area contributed by atoms with Crippen molar-refractivity contribution in [3.05, 3.63) is 0 Å². The third kappa shape index (κ3) is 2.59. The number of anilines is 2. The molecule has 0 bridgehead atoms. The van der Waals surface area contributed by atoms with Crippen LogP contribution in [0.15, 0.2) is 4.42 Å². The van der Waals surface area contributed by atoms with Gasteiger partial charge in [0, 0.05) is 19.7 Å². The molecule has 0 aliphatic rings. The molecule has 1 heterocycles. The van der Waals surface area contributed by atoms with Crippen LogP contribution in [0.1, 0.15) is 13.8 Å². The zero-order chi connectivity index (χ0) is 10.6. The number of hydrogen-bond acceptors (Lipinski definition) is 6. The Kier molecular flexibility index (Phi) is 3.70. The Bertz CT molecular complexity index is 274. The van der Waals surface area contributed by atoms with Crippen molar-refractivity contribution in [1.29, 1.82) is 0 Å². The molecule has 1 aromatic heterocycles. The van der Waals surface area contributed by atoms with Gasteiger partial charge in [-0.2, -0.15) is 0 Å². The van der Waals surface area contributed by atoms with Gasteiger partial charge in [0.2, 0.25) is 0 Å². The summed E-state index contributed by atoms with van der Waals surface area (Å²) in [6.45, 7) is 5.39. The minimum atomic E-state index is 0.0862. The van der Waals surface area contributed by atoms with Crippen LogP contribution in [-0.2, 0) is 4.74 Å². The zero-order valence-corrected chi connectivity index (χ0v) is 8.73. The van der Waals surface area contributed by atoms with Crippen LogP contribution in [0.5, 0.6) is 0 Å². The predicted octanol–water partition coefficient (Wildman–Crippen LogP) is 0.513. The monoisotopic (exact) mass is 200 g/mol. The van der Waals surface area contributed by atoms with Gasteiger partial charge >= 0.3 is 12.0 Å². The van der Waals surface area contributed by atoms with Crippen LogP contribution in [0.25, 0.3) is 0 Å². The lowest BCUT2D eigenvalue weighted by molar-refractivity contribution is 0.202. The van der Waals surface area contributed by atoms with E-state index in [2.05, 4.69) is 10.2 Å². The Labute approximate surface area is 83.0 Å². The average Bonchev–Trinajstić information content (AvgIpc) is 2.52. The average molecular weight is 200 g/mol. The largest absolute Gasteiger partial charge is 0.390 e. The summed E-state index contributed by atoms with van der Waals surface area (Å²) in [5.74, 6) is 0. The molecule has 0 spiro atoms. The van der Waals surface area contributed by atoms with Gasteiger partial charge in [0.05, 0.1) is 6.61 Å². The first kappa shape index (κ1) is 10.8. The molecule has 80 valence electrons. The lowest BCUT2D eigenvalue weighted by Gasteiger charge is -2.23. The van der Waals surface area contributed by atoms with E-state index < -0.39 is 0 Å². The molecule has 0 amide bonds. The molecule has 0 atom stereocenters. The second kappa shape index (κ2) is 4.80. The second-order valence-corrected chi connectivity index (χ2v) is 3.20. The SMILES string of the molecule is COCCN(c1nnc(N)o1)C(C)C. The van der Waals surface area contributed by atoms with E-state index in [9.17, 15) is 0 Å². The molecule has 14 heavy (non-hydrogen) atoms. The number of nitrogens with zero attached hydrogens (tertiary/aromatic N) is 3. The smallest absolute Gasteiger partial charge is 0.319 e. The zero-order valence-electron chi connectivity index (χ0n) is 8.73. The first-order valence-corrected chi connectivity index (χ1v) is 4.49. The summed E-state index contributed by atoms with van der Waals surface area (Å²) >= 11 is 0. The van der Waals surface area contributed by atoms with Crippen molar-refractivity contribution in [3.63, 3.8) is 0 Å². The van der Waals surface area contributed by atoms with E-state index in [4.69, 9.17) is 14.9 Å². The molecule has 0 aromatic carbocycles. The van der Waals surface area contributed by atoms with Crippen molar-refractivity contribution in [2.24, 2.45) is 0 Å². The molecule has 6 heteroatoms. The molecule has 2 N–H and O–H groups in total. The van der Waals surface area contributed by atoms with Crippen molar-refractivity contribution in [1.82, 2.24) is 10.2 Å². The van der Waals surface area contributed by atoms with Crippen molar-refractivity contribution in [2.45, 2.75) is 19.9 Å². The number of nitrogens with two attached hydrogens (primary N) is 1. The lowest BCUT2D eigenvalue weighted by Crippen LogP contribution is -2.34. The van der Waals surface area contributed by atoms with Gasteiger partial charge in [-0.05, 0) is 13.8 Å². The highest BCUT2D eigenvalue weighted by atomic mass is 16.5. The van der Waals surface area contributed by atoms with E-state index in [1.54, 1.807) is 7.11 Å². The van der Waals surface area contributed by atoms with Crippen LogP contribution in [0.3, 0.4) is 0 Å². The van der Waals surface area contributed by atoms with E-state index in [0.29, 0.717) is 19.2 Å². The Morgan fingerprint density at radius 3 is 2.64 bits per heavy atom. The molecule has 0 fully saturated rings. The third-order valence-corrected chi connectivity index (χ3v) is 1.84. The van der Waals surface area contributed by atoms with Crippen LogP contribution in [0.4, 0.5) is 12.0 Å². The minimum Gasteiger partial charge on any atom is -0.390 e. The van der Waals surface area contributed by atoms with Gasteiger partial charge in [-0.15, -0.1) is 0 Å². The number of rotatable bonds is 5. The lowest BCUT2D eigenvalue weighted by atomic mass is 10.3. The number of methoxy groups -OCH3 is 1. The van der Waals surface area contributed by atoms with E-state index in [0.717, 1.165) is 0 Å². The fraction of sp³-hybridized carbons (Fsp3) is 0.750. The molecule has 0 unspecified atom stereocenters. The number of nitrogen functional groups attached to an aromatic ring is 1. The standard InChI is InChI=1S/C8H16N4O2/c1-6(2)12(4-5-13-3)8-11-10-7(9)14-8/h6H,4-5H2,1-3H3,(H2,9,10). The number of hydrogen-bond donors (Lipinski definition) is 1. The van der Waals surface area contributed by atoms with Crippen molar-refractivity contribution in [3.8, 4) is 0 Å². The maximum absolute atomic E-state index is 5.35. The highest BCUT2D eigenvalue weighted by Gasteiger charge is 2.16. The summed E-state index contributed by atoms with van der Waals surface area (Å²) < 4.78 is 10.1. The highest BCUT2D eigenvalue weighted by Crippen LogP contribution is 2.15. The Balaban J connectivity index is 2.67. The first-order valence-electron chi connectivity index (χ1n) is 4.49. The van der Waals surface area contributed by atoms with Crippen molar-refractivity contribution in [2.75, 3.05) is 30.9 Å².